The lowest BCUT2D eigenvalue weighted by Gasteiger charge is -1.99. The van der Waals surface area contributed by atoms with Gasteiger partial charge in [0.15, 0.2) is 5.03 Å². The summed E-state index contributed by atoms with van der Waals surface area (Å²) in [7, 11) is 0. The molecule has 0 spiro atoms. The average molecular weight is 241 g/mol. The number of hydrogen-bond acceptors (Lipinski definition) is 6. The predicted octanol–water partition coefficient (Wildman–Crippen LogP) is 2.18. The molecular weight excluding hydrogens is 234 g/mol. The second kappa shape index (κ2) is 4.63. The monoisotopic (exact) mass is 241 g/mol. The van der Waals surface area contributed by atoms with Crippen molar-refractivity contribution in [1.29, 1.82) is 0 Å². The minimum atomic E-state index is -0.421. The number of rotatable bonds is 2. The topological polar surface area (TPSA) is 68.4 Å². The number of thioether (sulfide) groups is 2. The zero-order chi connectivity index (χ0) is 10.7. The minimum Gasteiger partial charge on any atom is -0.271 e. The summed E-state index contributed by atoms with van der Waals surface area (Å²) < 4.78 is 0.858. The molecule has 0 aliphatic carbocycles. The highest BCUT2D eigenvalue weighted by molar-refractivity contribution is 8.39. The van der Waals surface area contributed by atoms with Gasteiger partial charge in [-0.05, 0) is 17.8 Å². The van der Waals surface area contributed by atoms with E-state index >= 15 is 0 Å². The van der Waals surface area contributed by atoms with Gasteiger partial charge >= 0.3 is 5.69 Å². The maximum absolute atomic E-state index is 10.7. The fourth-order valence-electron chi connectivity index (χ4n) is 1.06. The van der Waals surface area contributed by atoms with E-state index in [4.69, 9.17) is 0 Å². The molecule has 1 aliphatic heterocycles. The molecular formula is C8H7N3O2S2. The zero-order valence-corrected chi connectivity index (χ0v) is 9.25. The van der Waals surface area contributed by atoms with Crippen LogP contribution in [0.15, 0.2) is 28.3 Å². The van der Waals surface area contributed by atoms with Crippen molar-refractivity contribution in [2.45, 2.75) is 5.03 Å². The van der Waals surface area contributed by atoms with E-state index in [0.29, 0.717) is 5.03 Å². The van der Waals surface area contributed by atoms with E-state index in [1.54, 1.807) is 24.0 Å². The molecule has 0 saturated carbocycles. The van der Waals surface area contributed by atoms with Crippen molar-refractivity contribution >= 4 is 33.6 Å². The molecule has 0 saturated heterocycles. The molecule has 0 unspecified atom stereocenters. The van der Waals surface area contributed by atoms with Crippen molar-refractivity contribution in [2.75, 3.05) is 12.3 Å². The summed E-state index contributed by atoms with van der Waals surface area (Å²) in [5.41, 5.74) is 0.0395. The lowest BCUT2D eigenvalue weighted by Crippen LogP contribution is -1.94. The number of pyridine rings is 1. The van der Waals surface area contributed by atoms with Gasteiger partial charge in [0.05, 0.1) is 11.5 Å². The summed E-state index contributed by atoms with van der Waals surface area (Å²) in [4.78, 5) is 18.5. The zero-order valence-electron chi connectivity index (χ0n) is 7.62. The molecule has 5 nitrogen and oxygen atoms in total. The molecule has 0 bridgehead atoms. The summed E-state index contributed by atoms with van der Waals surface area (Å²) in [6.07, 6.45) is 1.55. The Labute approximate surface area is 94.5 Å². The molecule has 0 N–H and O–H groups in total. The summed E-state index contributed by atoms with van der Waals surface area (Å²) in [5.74, 6) is 0.947. The smallest absolute Gasteiger partial charge is 0.271 e. The molecule has 0 amide bonds. The highest BCUT2D eigenvalue weighted by Gasteiger charge is 2.18. The molecule has 2 rings (SSSR count). The number of aliphatic imine (C=N–C) groups is 1. The van der Waals surface area contributed by atoms with Gasteiger partial charge in [-0.1, -0.05) is 11.8 Å². The molecule has 78 valence electrons. The molecule has 7 heteroatoms. The van der Waals surface area contributed by atoms with E-state index < -0.39 is 4.92 Å². The van der Waals surface area contributed by atoms with Crippen molar-refractivity contribution in [3.8, 4) is 0 Å². The van der Waals surface area contributed by atoms with Crippen LogP contribution in [-0.2, 0) is 0 Å². The van der Waals surface area contributed by atoms with Crippen LogP contribution < -0.4 is 0 Å². The SMILES string of the molecule is O=[N+]([O-])c1cccnc1SC1=NCCS1. The molecule has 1 aromatic heterocycles. The maximum atomic E-state index is 10.7. The first-order valence-corrected chi connectivity index (χ1v) is 6.02. The third-order valence-corrected chi connectivity index (χ3v) is 3.87. The van der Waals surface area contributed by atoms with Gasteiger partial charge in [0.25, 0.3) is 0 Å². The van der Waals surface area contributed by atoms with E-state index in [9.17, 15) is 10.1 Å². The van der Waals surface area contributed by atoms with Crippen molar-refractivity contribution in [3.63, 3.8) is 0 Å². The summed E-state index contributed by atoms with van der Waals surface area (Å²) >= 11 is 2.87. The second-order valence-electron chi connectivity index (χ2n) is 2.68. The van der Waals surface area contributed by atoms with E-state index in [1.165, 1.54) is 17.8 Å². The summed E-state index contributed by atoms with van der Waals surface area (Å²) in [6, 6.07) is 3.02. The third kappa shape index (κ3) is 2.48. The fourth-order valence-corrected chi connectivity index (χ4v) is 3.00. The molecule has 0 fully saturated rings. The Hall–Kier alpha value is -1.08. The highest BCUT2D eigenvalue weighted by Crippen LogP contribution is 2.32. The molecule has 1 aliphatic rings. The number of hydrogen-bond donors (Lipinski definition) is 0. The van der Waals surface area contributed by atoms with Crippen molar-refractivity contribution in [1.82, 2.24) is 4.98 Å². The quantitative estimate of drug-likeness (QED) is 0.586. The van der Waals surface area contributed by atoms with E-state index in [0.717, 1.165) is 16.7 Å². The Bertz CT molecular complexity index is 422. The number of nitrogens with zero attached hydrogens (tertiary/aromatic N) is 3. The van der Waals surface area contributed by atoms with Crippen LogP contribution >= 0.6 is 23.5 Å². The Balaban J connectivity index is 2.23. The standard InChI is InChI=1S/C8H7N3O2S2/c12-11(13)6-2-1-3-9-7(6)15-8-10-4-5-14-8/h1-3H,4-5H2. The Kier molecular flexibility index (Phi) is 3.22. The van der Waals surface area contributed by atoms with Crippen molar-refractivity contribution in [2.24, 2.45) is 4.99 Å². The van der Waals surface area contributed by atoms with Crippen LogP contribution in [0.1, 0.15) is 0 Å². The molecule has 0 aromatic carbocycles. The van der Waals surface area contributed by atoms with Crippen LogP contribution in [0.25, 0.3) is 0 Å². The van der Waals surface area contributed by atoms with Gasteiger partial charge in [-0.15, -0.1) is 0 Å². The van der Waals surface area contributed by atoms with Gasteiger partial charge in [-0.2, -0.15) is 0 Å². The summed E-state index contributed by atoms with van der Waals surface area (Å²) in [6.45, 7) is 0.785. The van der Waals surface area contributed by atoms with Crippen LogP contribution in [0.3, 0.4) is 0 Å². The summed E-state index contributed by atoms with van der Waals surface area (Å²) in [5, 5.41) is 11.1. The average Bonchev–Trinajstić information content (AvgIpc) is 2.71. The third-order valence-electron chi connectivity index (χ3n) is 1.69. The van der Waals surface area contributed by atoms with Crippen LogP contribution in [0.2, 0.25) is 0 Å². The Morgan fingerprint density at radius 2 is 2.47 bits per heavy atom. The van der Waals surface area contributed by atoms with Crippen molar-refractivity contribution in [3.05, 3.63) is 28.4 Å². The molecule has 2 heterocycles. The van der Waals surface area contributed by atoms with Gasteiger partial charge in [0.2, 0.25) is 0 Å². The number of nitro groups is 1. The van der Waals surface area contributed by atoms with Crippen LogP contribution in [-0.4, -0.2) is 26.6 Å². The van der Waals surface area contributed by atoms with Gasteiger partial charge < -0.3 is 0 Å². The largest absolute Gasteiger partial charge is 0.301 e. The predicted molar refractivity (Wildman–Crippen MR) is 61.5 cm³/mol. The van der Waals surface area contributed by atoms with Crippen LogP contribution in [0.4, 0.5) is 5.69 Å². The highest BCUT2D eigenvalue weighted by atomic mass is 32.2. The van der Waals surface area contributed by atoms with E-state index in [2.05, 4.69) is 9.98 Å². The van der Waals surface area contributed by atoms with E-state index in [1.807, 2.05) is 0 Å². The van der Waals surface area contributed by atoms with Gasteiger partial charge in [-0.3, -0.25) is 15.1 Å². The molecule has 0 radical (unpaired) electrons. The maximum Gasteiger partial charge on any atom is 0.301 e. The molecule has 1 aromatic rings. The first-order chi connectivity index (χ1) is 7.27. The van der Waals surface area contributed by atoms with Gasteiger partial charge in [-0.25, -0.2) is 4.98 Å². The number of aromatic nitrogens is 1. The van der Waals surface area contributed by atoms with E-state index in [-0.39, 0.29) is 5.69 Å². The normalized spacial score (nSPS) is 15.1. The van der Waals surface area contributed by atoms with Gasteiger partial charge in [0, 0.05) is 18.0 Å². The first kappa shape index (κ1) is 10.4. The Morgan fingerprint density at radius 1 is 1.60 bits per heavy atom. The lowest BCUT2D eigenvalue weighted by atomic mass is 10.4. The molecule has 15 heavy (non-hydrogen) atoms. The van der Waals surface area contributed by atoms with Gasteiger partial charge in [0.1, 0.15) is 4.38 Å². The van der Waals surface area contributed by atoms with Crippen LogP contribution in [0, 0.1) is 10.1 Å². The first-order valence-electron chi connectivity index (χ1n) is 4.22. The van der Waals surface area contributed by atoms with Crippen LogP contribution in [0.5, 0.6) is 0 Å². The minimum absolute atomic E-state index is 0.0395. The van der Waals surface area contributed by atoms with Crippen molar-refractivity contribution < 1.29 is 4.92 Å². The fraction of sp³-hybridized carbons (Fsp3) is 0.250. The lowest BCUT2D eigenvalue weighted by molar-refractivity contribution is -0.388. The second-order valence-corrected chi connectivity index (χ2v) is 5.00. The Morgan fingerprint density at radius 3 is 3.13 bits per heavy atom. The molecule has 0 atom stereocenters.